The van der Waals surface area contributed by atoms with Crippen LogP contribution in [0.3, 0.4) is 0 Å². The third-order valence-corrected chi connectivity index (χ3v) is 4.03. The number of nitrogens with two attached hydrogens (primary N) is 1. The van der Waals surface area contributed by atoms with Crippen molar-refractivity contribution in [2.24, 2.45) is 10.7 Å². The second-order valence-electron chi connectivity index (χ2n) is 5.95. The van der Waals surface area contributed by atoms with Crippen molar-refractivity contribution >= 4 is 5.84 Å². The molecule has 0 amide bonds. The Hall–Kier alpha value is -1.82. The maximum atomic E-state index is 6.10. The van der Waals surface area contributed by atoms with Gasteiger partial charge in [-0.25, -0.2) is 4.98 Å². The largest absolute Gasteiger partial charge is 0.385 e. The van der Waals surface area contributed by atoms with E-state index in [1.807, 2.05) is 19.3 Å². The van der Waals surface area contributed by atoms with E-state index in [1.54, 1.807) is 7.05 Å². The average molecular weight is 335 g/mol. The zero-order valence-electron chi connectivity index (χ0n) is 16.0. The van der Waals surface area contributed by atoms with Gasteiger partial charge in [-0.3, -0.25) is 4.99 Å². The first kappa shape index (κ1) is 20.2. The van der Waals surface area contributed by atoms with Crippen LogP contribution in [-0.2, 0) is 4.74 Å². The monoisotopic (exact) mass is 335 g/mol. The number of nitrogens with zero attached hydrogens (tertiary/aromatic N) is 3. The molecule has 1 aromatic heterocycles. The van der Waals surface area contributed by atoms with Gasteiger partial charge in [0.05, 0.1) is 18.3 Å². The minimum atomic E-state index is -0.0210. The van der Waals surface area contributed by atoms with Crippen molar-refractivity contribution < 1.29 is 4.74 Å². The summed E-state index contributed by atoms with van der Waals surface area (Å²) in [5.74, 6) is 1.28. The van der Waals surface area contributed by atoms with Crippen LogP contribution in [0.2, 0.25) is 0 Å². The van der Waals surface area contributed by atoms with Crippen molar-refractivity contribution in [2.75, 3.05) is 7.05 Å². The van der Waals surface area contributed by atoms with Crippen LogP contribution in [-0.4, -0.2) is 28.5 Å². The Morgan fingerprint density at radius 1 is 1.42 bits per heavy atom. The molecule has 0 spiro atoms. The molecule has 1 aromatic rings. The highest BCUT2D eigenvalue weighted by Gasteiger charge is 2.19. The molecule has 0 saturated carbocycles. The third kappa shape index (κ3) is 5.37. The van der Waals surface area contributed by atoms with E-state index in [2.05, 4.69) is 47.6 Å². The molecular formula is C18H33N5O. The maximum Gasteiger partial charge on any atom is 0.154 e. The van der Waals surface area contributed by atoms with E-state index >= 15 is 0 Å². The van der Waals surface area contributed by atoms with Gasteiger partial charge in [-0.1, -0.05) is 27.2 Å². The summed E-state index contributed by atoms with van der Waals surface area (Å²) in [6.07, 6.45) is 7.84. The molecule has 3 N–H and O–H groups in total. The number of hydrogen-bond acceptors (Lipinski definition) is 4. The highest BCUT2D eigenvalue weighted by molar-refractivity contribution is 5.98. The molecule has 0 aliphatic carbocycles. The lowest BCUT2D eigenvalue weighted by atomic mass is 10.2. The van der Waals surface area contributed by atoms with Crippen LogP contribution in [0.15, 0.2) is 23.2 Å². The lowest BCUT2D eigenvalue weighted by Crippen LogP contribution is -2.29. The van der Waals surface area contributed by atoms with E-state index in [1.165, 1.54) is 0 Å². The van der Waals surface area contributed by atoms with Crippen LogP contribution in [0.5, 0.6) is 0 Å². The number of imidazole rings is 1. The molecule has 0 aliphatic rings. The van der Waals surface area contributed by atoms with Gasteiger partial charge >= 0.3 is 0 Å². The molecule has 6 heteroatoms. The highest BCUT2D eigenvalue weighted by Crippen LogP contribution is 2.21. The summed E-state index contributed by atoms with van der Waals surface area (Å²) in [4.78, 5) is 8.84. The van der Waals surface area contributed by atoms with Crippen LogP contribution in [0.4, 0.5) is 0 Å². The molecule has 6 nitrogen and oxygen atoms in total. The second-order valence-corrected chi connectivity index (χ2v) is 5.95. The zero-order valence-corrected chi connectivity index (χ0v) is 16.0. The Morgan fingerprint density at radius 3 is 2.67 bits per heavy atom. The van der Waals surface area contributed by atoms with Gasteiger partial charge in [-0.2, -0.15) is 0 Å². The van der Waals surface area contributed by atoms with E-state index in [-0.39, 0.29) is 12.3 Å². The standard InChI is InChI=1S/C18H33N5O/c1-7-10-11-15(19)22-18(20-6)17-14(5)23(12-21-17)16(9-3)24-13(4)8-2/h11-13,16H,7-10,19H2,1-6H3,(H,20,22)/b15-11+. The summed E-state index contributed by atoms with van der Waals surface area (Å²) in [7, 11) is 1.74. The van der Waals surface area contributed by atoms with Crippen LogP contribution in [0.1, 0.15) is 71.0 Å². The van der Waals surface area contributed by atoms with Gasteiger partial charge in [-0.05, 0) is 39.2 Å². The molecule has 1 rings (SSSR count). The SMILES string of the molecule is CCC/C=C(\N)NC(=NC)c1ncn(C(CC)OC(C)CC)c1C. The molecule has 2 atom stereocenters. The van der Waals surface area contributed by atoms with Crippen molar-refractivity contribution in [3.05, 3.63) is 29.6 Å². The van der Waals surface area contributed by atoms with E-state index in [0.717, 1.165) is 37.1 Å². The number of unbranched alkanes of at least 4 members (excludes halogenated alkanes) is 1. The summed E-state index contributed by atoms with van der Waals surface area (Å²) in [5.41, 5.74) is 7.83. The highest BCUT2D eigenvalue weighted by atomic mass is 16.5. The Morgan fingerprint density at radius 2 is 2.12 bits per heavy atom. The summed E-state index contributed by atoms with van der Waals surface area (Å²) in [6, 6.07) is 0. The maximum absolute atomic E-state index is 6.10. The number of rotatable bonds is 9. The molecule has 1 heterocycles. The first-order valence-corrected chi connectivity index (χ1v) is 8.86. The number of hydrogen-bond donors (Lipinski definition) is 2. The topological polar surface area (TPSA) is 77.5 Å². The molecule has 0 aliphatic heterocycles. The van der Waals surface area contributed by atoms with E-state index < -0.39 is 0 Å². The van der Waals surface area contributed by atoms with Crippen molar-refractivity contribution in [1.82, 2.24) is 14.9 Å². The van der Waals surface area contributed by atoms with Crippen LogP contribution in [0, 0.1) is 6.92 Å². The summed E-state index contributed by atoms with van der Waals surface area (Å²) >= 11 is 0. The fourth-order valence-corrected chi connectivity index (χ4v) is 2.38. The minimum Gasteiger partial charge on any atom is -0.385 e. The number of allylic oxidation sites excluding steroid dienone is 1. The predicted octanol–water partition coefficient (Wildman–Crippen LogP) is 3.48. The molecule has 2 unspecified atom stereocenters. The molecule has 0 fully saturated rings. The van der Waals surface area contributed by atoms with Gasteiger partial charge in [0.1, 0.15) is 11.9 Å². The van der Waals surface area contributed by atoms with E-state index in [0.29, 0.717) is 11.7 Å². The minimum absolute atomic E-state index is 0.0210. The van der Waals surface area contributed by atoms with Crippen molar-refractivity contribution in [3.8, 4) is 0 Å². The van der Waals surface area contributed by atoms with E-state index in [9.17, 15) is 0 Å². The number of ether oxygens (including phenoxy) is 1. The quantitative estimate of drug-likeness (QED) is 0.535. The Labute approximate surface area is 146 Å². The molecule has 0 saturated heterocycles. The Kier molecular flexibility index (Phi) is 8.54. The summed E-state index contributed by atoms with van der Waals surface area (Å²) < 4.78 is 8.17. The first-order valence-electron chi connectivity index (χ1n) is 8.86. The van der Waals surface area contributed by atoms with Gasteiger partial charge in [0, 0.05) is 12.7 Å². The van der Waals surface area contributed by atoms with Gasteiger partial charge in [0.25, 0.3) is 0 Å². The molecule has 0 radical (unpaired) electrons. The Bertz CT molecular complexity index is 562. The van der Waals surface area contributed by atoms with Gasteiger partial charge < -0.3 is 20.4 Å². The third-order valence-electron chi connectivity index (χ3n) is 4.03. The molecular weight excluding hydrogens is 302 g/mol. The fraction of sp³-hybridized carbons (Fsp3) is 0.667. The Balaban J connectivity index is 2.99. The average Bonchev–Trinajstić information content (AvgIpc) is 2.96. The summed E-state index contributed by atoms with van der Waals surface area (Å²) in [6.45, 7) is 10.5. The number of nitrogens with one attached hydrogen (secondary N) is 1. The zero-order chi connectivity index (χ0) is 18.1. The van der Waals surface area contributed by atoms with E-state index in [4.69, 9.17) is 10.5 Å². The summed E-state index contributed by atoms with van der Waals surface area (Å²) in [5, 5.41) is 3.15. The van der Waals surface area contributed by atoms with Gasteiger partial charge in [0.2, 0.25) is 0 Å². The van der Waals surface area contributed by atoms with Crippen molar-refractivity contribution in [1.29, 1.82) is 0 Å². The first-order chi connectivity index (χ1) is 11.5. The number of amidine groups is 1. The lowest BCUT2D eigenvalue weighted by molar-refractivity contribution is -0.0496. The number of aliphatic imine (C=N–C) groups is 1. The predicted molar refractivity (Wildman–Crippen MR) is 99.9 cm³/mol. The molecule has 0 aromatic carbocycles. The molecule has 24 heavy (non-hydrogen) atoms. The normalized spacial score (nSPS) is 15.4. The van der Waals surface area contributed by atoms with Gasteiger partial charge in [0.15, 0.2) is 5.84 Å². The van der Waals surface area contributed by atoms with Crippen LogP contribution >= 0.6 is 0 Å². The van der Waals surface area contributed by atoms with Crippen molar-refractivity contribution in [2.45, 2.75) is 72.6 Å². The van der Waals surface area contributed by atoms with Gasteiger partial charge in [-0.15, -0.1) is 0 Å². The smallest absolute Gasteiger partial charge is 0.154 e. The van der Waals surface area contributed by atoms with Crippen LogP contribution in [0.25, 0.3) is 0 Å². The number of aromatic nitrogens is 2. The van der Waals surface area contributed by atoms with Crippen LogP contribution < -0.4 is 11.1 Å². The fourth-order valence-electron chi connectivity index (χ4n) is 2.38. The molecule has 0 bridgehead atoms. The lowest BCUT2D eigenvalue weighted by Gasteiger charge is -2.23. The second kappa shape index (κ2) is 10.1. The molecule has 136 valence electrons. The van der Waals surface area contributed by atoms with Crippen molar-refractivity contribution in [3.63, 3.8) is 0 Å².